The zero-order valence-corrected chi connectivity index (χ0v) is 12.0. The van der Waals surface area contributed by atoms with Crippen LogP contribution >= 0.6 is 27.3 Å². The first-order valence-corrected chi connectivity index (χ1v) is 7.14. The standard InChI is InChI=1S/C11H19BrN2S/c1-4-10(12)5-6-13-7-11-14-8(2)9(3)15-11/h10,13H,4-7H2,1-3H3. The monoisotopic (exact) mass is 290 g/mol. The van der Waals surface area contributed by atoms with Crippen molar-refractivity contribution in [3.63, 3.8) is 0 Å². The molecule has 0 saturated heterocycles. The molecule has 0 radical (unpaired) electrons. The molecule has 1 N–H and O–H groups in total. The molecule has 0 fully saturated rings. The Morgan fingerprint density at radius 2 is 2.20 bits per heavy atom. The minimum Gasteiger partial charge on any atom is -0.310 e. The number of alkyl halides is 1. The normalized spacial score (nSPS) is 13.1. The van der Waals surface area contributed by atoms with Gasteiger partial charge >= 0.3 is 0 Å². The third-order valence-corrected chi connectivity index (χ3v) is 4.60. The van der Waals surface area contributed by atoms with Gasteiger partial charge in [0.25, 0.3) is 0 Å². The molecule has 0 aliphatic carbocycles. The quantitative estimate of drug-likeness (QED) is 0.642. The van der Waals surface area contributed by atoms with Crippen LogP contribution in [0.25, 0.3) is 0 Å². The summed E-state index contributed by atoms with van der Waals surface area (Å²) in [5, 5.41) is 4.63. The molecule has 1 aromatic heterocycles. The van der Waals surface area contributed by atoms with Crippen LogP contribution in [0.5, 0.6) is 0 Å². The molecule has 4 heteroatoms. The van der Waals surface area contributed by atoms with E-state index in [0.717, 1.165) is 13.1 Å². The zero-order valence-electron chi connectivity index (χ0n) is 9.64. The van der Waals surface area contributed by atoms with Gasteiger partial charge in [-0.05, 0) is 33.2 Å². The molecule has 1 heterocycles. The summed E-state index contributed by atoms with van der Waals surface area (Å²) in [6, 6.07) is 0. The van der Waals surface area contributed by atoms with Crippen LogP contribution < -0.4 is 5.32 Å². The first kappa shape index (κ1) is 13.1. The summed E-state index contributed by atoms with van der Waals surface area (Å²) >= 11 is 5.42. The van der Waals surface area contributed by atoms with Crippen molar-refractivity contribution in [1.29, 1.82) is 0 Å². The van der Waals surface area contributed by atoms with E-state index in [1.807, 2.05) is 0 Å². The number of nitrogens with one attached hydrogen (secondary N) is 1. The van der Waals surface area contributed by atoms with Gasteiger partial charge in [0.1, 0.15) is 5.01 Å². The number of nitrogens with zero attached hydrogens (tertiary/aromatic N) is 1. The minimum absolute atomic E-state index is 0.643. The molecule has 15 heavy (non-hydrogen) atoms. The SMILES string of the molecule is CCC(Br)CCNCc1nc(C)c(C)s1. The number of aromatic nitrogens is 1. The lowest BCUT2D eigenvalue weighted by atomic mass is 10.2. The van der Waals surface area contributed by atoms with Gasteiger partial charge in [-0.15, -0.1) is 11.3 Å². The first-order valence-electron chi connectivity index (χ1n) is 5.41. The van der Waals surface area contributed by atoms with Crippen molar-refractivity contribution in [3.05, 3.63) is 15.6 Å². The van der Waals surface area contributed by atoms with Crippen molar-refractivity contribution in [3.8, 4) is 0 Å². The molecule has 0 bridgehead atoms. The van der Waals surface area contributed by atoms with Crippen LogP contribution in [0.2, 0.25) is 0 Å². The minimum atomic E-state index is 0.643. The molecule has 1 rings (SSSR count). The van der Waals surface area contributed by atoms with Crippen molar-refractivity contribution in [2.24, 2.45) is 0 Å². The van der Waals surface area contributed by atoms with Crippen molar-refractivity contribution < 1.29 is 0 Å². The summed E-state index contributed by atoms with van der Waals surface area (Å²) in [4.78, 5) is 6.47. The average Bonchev–Trinajstić information content (AvgIpc) is 2.53. The van der Waals surface area contributed by atoms with E-state index < -0.39 is 0 Å². The van der Waals surface area contributed by atoms with Crippen LogP contribution in [0, 0.1) is 13.8 Å². The lowest BCUT2D eigenvalue weighted by Crippen LogP contribution is -2.17. The molecule has 1 aromatic rings. The van der Waals surface area contributed by atoms with Gasteiger partial charge < -0.3 is 5.32 Å². The van der Waals surface area contributed by atoms with Gasteiger partial charge in [-0.2, -0.15) is 0 Å². The highest BCUT2D eigenvalue weighted by atomic mass is 79.9. The van der Waals surface area contributed by atoms with E-state index in [1.54, 1.807) is 11.3 Å². The number of hydrogen-bond acceptors (Lipinski definition) is 3. The smallest absolute Gasteiger partial charge is 0.107 e. The second kappa shape index (κ2) is 6.61. The van der Waals surface area contributed by atoms with E-state index in [-0.39, 0.29) is 0 Å². The van der Waals surface area contributed by atoms with Gasteiger partial charge in [-0.1, -0.05) is 22.9 Å². The Morgan fingerprint density at radius 3 is 2.73 bits per heavy atom. The number of rotatable bonds is 6. The maximum atomic E-state index is 4.49. The maximum Gasteiger partial charge on any atom is 0.107 e. The van der Waals surface area contributed by atoms with Crippen LogP contribution in [0.3, 0.4) is 0 Å². The summed E-state index contributed by atoms with van der Waals surface area (Å²) in [6.07, 6.45) is 2.37. The Morgan fingerprint density at radius 1 is 1.47 bits per heavy atom. The molecule has 86 valence electrons. The van der Waals surface area contributed by atoms with Gasteiger partial charge in [-0.3, -0.25) is 0 Å². The molecule has 0 spiro atoms. The number of halogens is 1. The van der Waals surface area contributed by atoms with Crippen LogP contribution in [0.4, 0.5) is 0 Å². The van der Waals surface area contributed by atoms with E-state index in [9.17, 15) is 0 Å². The summed E-state index contributed by atoms with van der Waals surface area (Å²) in [7, 11) is 0. The van der Waals surface area contributed by atoms with Crippen LogP contribution in [-0.4, -0.2) is 16.4 Å². The van der Waals surface area contributed by atoms with Crippen molar-refractivity contribution in [2.45, 2.75) is 45.0 Å². The van der Waals surface area contributed by atoms with Gasteiger partial charge in [0.05, 0.1) is 5.69 Å². The molecule has 2 nitrogen and oxygen atoms in total. The third-order valence-electron chi connectivity index (χ3n) is 2.43. The fraction of sp³-hybridized carbons (Fsp3) is 0.727. The predicted molar refractivity (Wildman–Crippen MR) is 70.9 cm³/mol. The summed E-state index contributed by atoms with van der Waals surface area (Å²) in [6.45, 7) is 8.36. The van der Waals surface area contributed by atoms with E-state index in [1.165, 1.54) is 28.4 Å². The molecule has 0 saturated carbocycles. The van der Waals surface area contributed by atoms with Gasteiger partial charge in [-0.25, -0.2) is 4.98 Å². The summed E-state index contributed by atoms with van der Waals surface area (Å²) in [5.74, 6) is 0. The second-order valence-corrected chi connectivity index (χ2v) is 6.30. The Bertz CT molecular complexity index is 279. The van der Waals surface area contributed by atoms with E-state index >= 15 is 0 Å². The van der Waals surface area contributed by atoms with Crippen LogP contribution in [0.1, 0.15) is 35.3 Å². The Kier molecular flexibility index (Phi) is 5.79. The fourth-order valence-electron chi connectivity index (χ4n) is 1.27. The summed E-state index contributed by atoms with van der Waals surface area (Å²) in [5.41, 5.74) is 1.17. The number of hydrogen-bond donors (Lipinski definition) is 1. The Balaban J connectivity index is 2.20. The topological polar surface area (TPSA) is 24.9 Å². The third kappa shape index (κ3) is 4.62. The number of aryl methyl sites for hydroxylation is 2. The summed E-state index contributed by atoms with van der Waals surface area (Å²) < 4.78 is 0. The fourth-order valence-corrected chi connectivity index (χ4v) is 2.41. The van der Waals surface area contributed by atoms with E-state index in [0.29, 0.717) is 4.83 Å². The highest BCUT2D eigenvalue weighted by Crippen LogP contribution is 2.16. The maximum absolute atomic E-state index is 4.49. The molecular formula is C11H19BrN2S. The molecule has 0 aliphatic heterocycles. The van der Waals surface area contributed by atoms with Gasteiger partial charge in [0.2, 0.25) is 0 Å². The largest absolute Gasteiger partial charge is 0.310 e. The van der Waals surface area contributed by atoms with Crippen molar-refractivity contribution in [2.75, 3.05) is 6.54 Å². The molecule has 0 aromatic carbocycles. The molecule has 1 unspecified atom stereocenters. The Hall–Kier alpha value is 0.0700. The predicted octanol–water partition coefficient (Wildman–Crippen LogP) is 3.41. The highest BCUT2D eigenvalue weighted by molar-refractivity contribution is 9.09. The van der Waals surface area contributed by atoms with Gasteiger partial charge in [0, 0.05) is 16.2 Å². The molecule has 0 aliphatic rings. The highest BCUT2D eigenvalue weighted by Gasteiger charge is 2.03. The van der Waals surface area contributed by atoms with Crippen LogP contribution in [0.15, 0.2) is 0 Å². The van der Waals surface area contributed by atoms with Gasteiger partial charge in [0.15, 0.2) is 0 Å². The molecular weight excluding hydrogens is 272 g/mol. The molecule has 0 amide bonds. The van der Waals surface area contributed by atoms with Crippen molar-refractivity contribution in [1.82, 2.24) is 10.3 Å². The number of thiazole rings is 1. The Labute approximate surface area is 105 Å². The van der Waals surface area contributed by atoms with E-state index in [2.05, 4.69) is 47.0 Å². The molecule has 1 atom stereocenters. The van der Waals surface area contributed by atoms with Crippen molar-refractivity contribution >= 4 is 27.3 Å². The van der Waals surface area contributed by atoms with Crippen LogP contribution in [-0.2, 0) is 6.54 Å². The average molecular weight is 291 g/mol. The zero-order chi connectivity index (χ0) is 11.3. The van der Waals surface area contributed by atoms with E-state index in [4.69, 9.17) is 0 Å². The lowest BCUT2D eigenvalue weighted by Gasteiger charge is -2.06. The lowest BCUT2D eigenvalue weighted by molar-refractivity contribution is 0.628. The second-order valence-electron chi connectivity index (χ2n) is 3.72. The first-order chi connectivity index (χ1) is 7.13.